The van der Waals surface area contributed by atoms with Crippen LogP contribution in [-0.2, 0) is 0 Å². The fraction of sp³-hybridized carbons (Fsp3) is 0.846. The van der Waals surface area contributed by atoms with Crippen molar-refractivity contribution >= 4 is 35.9 Å². The van der Waals surface area contributed by atoms with E-state index < -0.39 is 0 Å². The molecule has 0 saturated carbocycles. The van der Waals surface area contributed by atoms with Crippen LogP contribution >= 0.6 is 0 Å². The molecule has 0 aromatic carbocycles. The third kappa shape index (κ3) is 11.3. The van der Waals surface area contributed by atoms with E-state index in [4.69, 9.17) is 0 Å². The van der Waals surface area contributed by atoms with Gasteiger partial charge in [-0.25, -0.2) is 0 Å². The molecular formula is C13H26SeTe. The summed E-state index contributed by atoms with van der Waals surface area (Å²) in [5, 5.41) is 1.50. The quantitative estimate of drug-likeness (QED) is 0.382. The second kappa shape index (κ2) is 13.1. The summed E-state index contributed by atoms with van der Waals surface area (Å²) in [6.07, 6.45) is 10.9. The Morgan fingerprint density at radius 2 is 1.80 bits per heavy atom. The molecule has 0 aliphatic heterocycles. The molecule has 0 fully saturated rings. The molecule has 0 aromatic rings. The predicted molar refractivity (Wildman–Crippen MR) is 73.9 cm³/mol. The van der Waals surface area contributed by atoms with Crippen LogP contribution in [0, 0.1) is 0 Å². The van der Waals surface area contributed by atoms with E-state index >= 15 is 0 Å². The van der Waals surface area contributed by atoms with Crippen molar-refractivity contribution in [3.05, 3.63) is 8.60 Å². The third-order valence-electron chi connectivity index (χ3n) is 2.08. The molecule has 90 valence electrons. The molecule has 0 spiro atoms. The van der Waals surface area contributed by atoms with Crippen molar-refractivity contribution in [1.29, 1.82) is 0 Å². The molecule has 0 aliphatic rings. The number of unbranched alkanes of at least 4 members (excludes halogenated alkanes) is 3. The van der Waals surface area contributed by atoms with Gasteiger partial charge in [0.2, 0.25) is 0 Å². The van der Waals surface area contributed by atoms with Crippen molar-refractivity contribution in [3.63, 3.8) is 0 Å². The topological polar surface area (TPSA) is 0 Å². The molecular weight excluding hydrogens is 363 g/mol. The fourth-order valence-electron chi connectivity index (χ4n) is 1.06. The van der Waals surface area contributed by atoms with Gasteiger partial charge < -0.3 is 0 Å². The summed E-state index contributed by atoms with van der Waals surface area (Å²) >= 11 is 1.10. The third-order valence-corrected chi connectivity index (χ3v) is 10.2. The first-order chi connectivity index (χ1) is 7.35. The molecule has 0 saturated heterocycles. The Morgan fingerprint density at radius 3 is 2.40 bits per heavy atom. The molecule has 0 rings (SSSR count). The van der Waals surface area contributed by atoms with Crippen LogP contribution in [0.2, 0.25) is 9.79 Å². The minimum absolute atomic E-state index is 0.234. The Hall–Kier alpha value is 1.05. The molecule has 0 radical (unpaired) electrons. The first-order valence-corrected chi connectivity index (χ1v) is 11.2. The summed E-state index contributed by atoms with van der Waals surface area (Å²) < 4.78 is 3.47. The predicted octanol–water partition coefficient (Wildman–Crippen LogP) is 4.47. The van der Waals surface area contributed by atoms with E-state index in [-0.39, 0.29) is 20.9 Å². The fourth-order valence-corrected chi connectivity index (χ4v) is 9.18. The van der Waals surface area contributed by atoms with Crippen LogP contribution in [-0.4, -0.2) is 35.9 Å². The molecule has 0 atom stereocenters. The van der Waals surface area contributed by atoms with Gasteiger partial charge in [-0.15, -0.1) is 0 Å². The zero-order valence-electron chi connectivity index (χ0n) is 10.6. The van der Waals surface area contributed by atoms with Crippen LogP contribution in [0.1, 0.15) is 59.3 Å². The standard InChI is InChI=1S/C13H26SeTe/c1-4-7-10-13(14-11-8-5-2)15-12-9-6-3/h10H,4-9,11-12H2,1-3H3/b13-10+. The van der Waals surface area contributed by atoms with Crippen LogP contribution in [0.15, 0.2) is 8.60 Å². The Balaban J connectivity index is 3.73. The number of allylic oxidation sites excluding steroid dienone is 1. The summed E-state index contributed by atoms with van der Waals surface area (Å²) in [5.41, 5.74) is 0. The van der Waals surface area contributed by atoms with Crippen LogP contribution in [0.5, 0.6) is 0 Å². The van der Waals surface area contributed by atoms with Crippen molar-refractivity contribution in [2.75, 3.05) is 0 Å². The SMILES string of the molecule is CCC/C=C(\[Se]CCCC)[Te]CCCC. The van der Waals surface area contributed by atoms with Gasteiger partial charge in [0.05, 0.1) is 0 Å². The summed E-state index contributed by atoms with van der Waals surface area (Å²) in [5.74, 6) is 0. The first-order valence-electron chi connectivity index (χ1n) is 6.30. The molecule has 15 heavy (non-hydrogen) atoms. The van der Waals surface area contributed by atoms with Gasteiger partial charge >= 0.3 is 114 Å². The number of rotatable bonds is 10. The Kier molecular flexibility index (Phi) is 14.0. The van der Waals surface area contributed by atoms with E-state index in [1.165, 1.54) is 43.8 Å². The van der Waals surface area contributed by atoms with Gasteiger partial charge in [0.1, 0.15) is 0 Å². The van der Waals surface area contributed by atoms with Gasteiger partial charge in [-0.2, -0.15) is 0 Å². The Bertz CT molecular complexity index is 143. The number of hydrogen-bond donors (Lipinski definition) is 0. The molecule has 0 N–H and O–H groups in total. The summed E-state index contributed by atoms with van der Waals surface area (Å²) in [6, 6.07) is 0. The summed E-state index contributed by atoms with van der Waals surface area (Å²) in [7, 11) is 0. The molecule has 0 nitrogen and oxygen atoms in total. The van der Waals surface area contributed by atoms with Crippen molar-refractivity contribution in [2.45, 2.75) is 69.1 Å². The second-order valence-electron chi connectivity index (χ2n) is 3.72. The van der Waals surface area contributed by atoms with Gasteiger partial charge in [0, 0.05) is 0 Å². The average Bonchev–Trinajstić information content (AvgIpc) is 2.25. The van der Waals surface area contributed by atoms with Crippen molar-refractivity contribution in [2.24, 2.45) is 0 Å². The van der Waals surface area contributed by atoms with E-state index in [2.05, 4.69) is 26.8 Å². The van der Waals surface area contributed by atoms with Gasteiger partial charge in [0.25, 0.3) is 0 Å². The minimum atomic E-state index is 0.234. The monoisotopic (exact) mass is 392 g/mol. The van der Waals surface area contributed by atoms with E-state index in [1.54, 1.807) is 4.47 Å². The molecule has 0 amide bonds. The zero-order valence-corrected chi connectivity index (χ0v) is 14.6. The maximum absolute atomic E-state index is 2.59. The Morgan fingerprint density at radius 1 is 1.07 bits per heavy atom. The van der Waals surface area contributed by atoms with Gasteiger partial charge in [-0.05, 0) is 0 Å². The second-order valence-corrected chi connectivity index (χ2v) is 11.2. The Labute approximate surface area is 113 Å². The molecule has 0 heterocycles. The van der Waals surface area contributed by atoms with E-state index in [0.29, 0.717) is 0 Å². The number of hydrogen-bond acceptors (Lipinski definition) is 0. The van der Waals surface area contributed by atoms with E-state index in [9.17, 15) is 0 Å². The van der Waals surface area contributed by atoms with Crippen LogP contribution in [0.25, 0.3) is 0 Å². The van der Waals surface area contributed by atoms with Crippen LogP contribution in [0.4, 0.5) is 0 Å². The van der Waals surface area contributed by atoms with Crippen LogP contribution < -0.4 is 0 Å². The molecule has 2 heteroatoms. The van der Waals surface area contributed by atoms with Gasteiger partial charge in [-0.3, -0.25) is 0 Å². The summed E-state index contributed by atoms with van der Waals surface area (Å²) in [4.78, 5) is 0. The van der Waals surface area contributed by atoms with E-state index in [0.717, 1.165) is 15.0 Å². The first kappa shape index (κ1) is 16.0. The van der Waals surface area contributed by atoms with Gasteiger partial charge in [0.15, 0.2) is 0 Å². The maximum atomic E-state index is 2.59. The molecule has 0 aromatic heterocycles. The van der Waals surface area contributed by atoms with Crippen molar-refractivity contribution in [3.8, 4) is 0 Å². The van der Waals surface area contributed by atoms with Crippen LogP contribution in [0.3, 0.4) is 0 Å². The zero-order chi connectivity index (χ0) is 11.4. The summed E-state index contributed by atoms with van der Waals surface area (Å²) in [6.45, 7) is 6.91. The molecule has 0 unspecified atom stereocenters. The van der Waals surface area contributed by atoms with Crippen molar-refractivity contribution in [1.82, 2.24) is 0 Å². The normalized spacial score (nSPS) is 12.1. The van der Waals surface area contributed by atoms with Crippen molar-refractivity contribution < 1.29 is 0 Å². The average molecular weight is 389 g/mol. The molecule has 0 aliphatic carbocycles. The van der Waals surface area contributed by atoms with Gasteiger partial charge in [-0.1, -0.05) is 0 Å². The molecule has 0 bridgehead atoms. The van der Waals surface area contributed by atoms with E-state index in [1.807, 2.05) is 2.52 Å².